The van der Waals surface area contributed by atoms with E-state index < -0.39 is 0 Å². The number of para-hydroxylation sites is 1. The number of aliphatic imine (C=N–C) groups is 1. The van der Waals surface area contributed by atoms with Gasteiger partial charge in [0.15, 0.2) is 5.96 Å². The van der Waals surface area contributed by atoms with Crippen LogP contribution >= 0.6 is 35.6 Å². The predicted molar refractivity (Wildman–Crippen MR) is 127 cm³/mol. The summed E-state index contributed by atoms with van der Waals surface area (Å²) >= 11 is 6.09. The monoisotopic (exact) mass is 499 g/mol. The van der Waals surface area contributed by atoms with Crippen LogP contribution in [0.3, 0.4) is 0 Å². The van der Waals surface area contributed by atoms with E-state index in [0.717, 1.165) is 56.4 Å². The quantitative estimate of drug-likeness (QED) is 0.274. The lowest BCUT2D eigenvalue weighted by atomic mass is 10.2. The van der Waals surface area contributed by atoms with Gasteiger partial charge in [0.2, 0.25) is 0 Å². The number of nitrogens with one attached hydrogen (secondary N) is 1. The first-order chi connectivity index (χ1) is 12.7. The highest BCUT2D eigenvalue weighted by Crippen LogP contribution is 2.20. The number of rotatable bonds is 6. The Morgan fingerprint density at radius 1 is 1.04 bits per heavy atom. The second-order valence-corrected chi connectivity index (χ2v) is 6.86. The van der Waals surface area contributed by atoms with Crippen LogP contribution in [-0.2, 0) is 0 Å². The molecule has 1 aliphatic heterocycles. The molecule has 2 aromatic carbocycles. The average molecular weight is 500 g/mol. The van der Waals surface area contributed by atoms with Gasteiger partial charge in [0.25, 0.3) is 0 Å². The number of piperazine rings is 1. The Bertz CT molecular complexity index is 717. The van der Waals surface area contributed by atoms with Crippen LogP contribution in [0.4, 0.5) is 11.4 Å². The second-order valence-electron chi connectivity index (χ2n) is 6.42. The minimum absolute atomic E-state index is 0. The van der Waals surface area contributed by atoms with Gasteiger partial charge in [0.05, 0.1) is 0 Å². The molecule has 5 nitrogen and oxygen atoms in total. The van der Waals surface area contributed by atoms with Crippen molar-refractivity contribution in [2.24, 2.45) is 10.7 Å². The van der Waals surface area contributed by atoms with Crippen molar-refractivity contribution in [3.8, 4) is 0 Å². The summed E-state index contributed by atoms with van der Waals surface area (Å²) in [5.41, 5.74) is 8.10. The Kier molecular flexibility index (Phi) is 9.17. The van der Waals surface area contributed by atoms with Gasteiger partial charge in [0.1, 0.15) is 0 Å². The molecule has 27 heavy (non-hydrogen) atoms. The van der Waals surface area contributed by atoms with Gasteiger partial charge in [-0.3, -0.25) is 9.89 Å². The molecule has 0 unspecified atom stereocenters. The maximum absolute atomic E-state index is 6.09. The van der Waals surface area contributed by atoms with Gasteiger partial charge in [-0.2, -0.15) is 0 Å². The van der Waals surface area contributed by atoms with E-state index >= 15 is 0 Å². The molecule has 1 heterocycles. The van der Waals surface area contributed by atoms with E-state index in [1.54, 1.807) is 0 Å². The lowest BCUT2D eigenvalue weighted by Gasteiger charge is -2.36. The Labute approximate surface area is 183 Å². The first kappa shape index (κ1) is 21.8. The molecule has 3 rings (SSSR count). The number of halogens is 2. The van der Waals surface area contributed by atoms with Gasteiger partial charge in [-0.25, -0.2) is 0 Å². The van der Waals surface area contributed by atoms with Crippen LogP contribution in [0.5, 0.6) is 0 Å². The summed E-state index contributed by atoms with van der Waals surface area (Å²) in [4.78, 5) is 9.28. The average Bonchev–Trinajstić information content (AvgIpc) is 2.66. The fraction of sp³-hybridized carbons (Fsp3) is 0.350. The molecule has 0 aliphatic carbocycles. The van der Waals surface area contributed by atoms with Crippen LogP contribution in [-0.4, -0.2) is 50.1 Å². The van der Waals surface area contributed by atoms with E-state index in [4.69, 9.17) is 17.3 Å². The first-order valence-electron chi connectivity index (χ1n) is 9.05. The smallest absolute Gasteiger partial charge is 0.193 e. The van der Waals surface area contributed by atoms with E-state index in [1.807, 2.05) is 48.5 Å². The lowest BCUT2D eigenvalue weighted by molar-refractivity contribution is 0.256. The molecule has 146 valence electrons. The second kappa shape index (κ2) is 11.4. The SMILES string of the molecule is I.NC(=NCCCN1CCN(c2cccc(Cl)c2)CC1)Nc1ccccc1. The summed E-state index contributed by atoms with van der Waals surface area (Å²) in [5.74, 6) is 0.474. The molecule has 0 saturated carbocycles. The van der Waals surface area contributed by atoms with Crippen molar-refractivity contribution in [1.82, 2.24) is 4.90 Å². The Morgan fingerprint density at radius 2 is 1.78 bits per heavy atom. The summed E-state index contributed by atoms with van der Waals surface area (Å²) in [6.07, 6.45) is 1.01. The lowest BCUT2D eigenvalue weighted by Crippen LogP contribution is -2.46. The van der Waals surface area contributed by atoms with Crippen LogP contribution < -0.4 is 16.0 Å². The zero-order valence-corrected chi connectivity index (χ0v) is 18.4. The summed E-state index contributed by atoms with van der Waals surface area (Å²) < 4.78 is 0. The van der Waals surface area contributed by atoms with Crippen LogP contribution in [0.1, 0.15) is 6.42 Å². The molecule has 2 aromatic rings. The number of benzene rings is 2. The molecule has 0 radical (unpaired) electrons. The number of hydrogen-bond acceptors (Lipinski definition) is 3. The zero-order chi connectivity index (χ0) is 18.2. The third-order valence-corrected chi connectivity index (χ3v) is 4.74. The summed E-state index contributed by atoms with van der Waals surface area (Å²) in [5, 5.41) is 3.90. The molecule has 0 bridgehead atoms. The van der Waals surface area contributed by atoms with Crippen molar-refractivity contribution < 1.29 is 0 Å². The third-order valence-electron chi connectivity index (χ3n) is 4.51. The zero-order valence-electron chi connectivity index (χ0n) is 15.4. The molecule has 1 fully saturated rings. The van der Waals surface area contributed by atoms with Crippen molar-refractivity contribution >= 4 is 52.9 Å². The highest BCUT2D eigenvalue weighted by Gasteiger charge is 2.16. The van der Waals surface area contributed by atoms with Gasteiger partial charge < -0.3 is 16.0 Å². The largest absolute Gasteiger partial charge is 0.370 e. The molecule has 3 N–H and O–H groups in total. The molecule has 1 aliphatic rings. The molecule has 0 atom stereocenters. The van der Waals surface area contributed by atoms with Gasteiger partial charge >= 0.3 is 0 Å². The van der Waals surface area contributed by atoms with Gasteiger partial charge in [-0.05, 0) is 36.8 Å². The fourth-order valence-electron chi connectivity index (χ4n) is 3.11. The van der Waals surface area contributed by atoms with Crippen LogP contribution in [0.15, 0.2) is 59.6 Å². The maximum atomic E-state index is 6.09. The van der Waals surface area contributed by atoms with Crippen molar-refractivity contribution in [2.45, 2.75) is 6.42 Å². The molecular weight excluding hydrogens is 473 g/mol. The number of guanidine groups is 1. The Morgan fingerprint density at radius 3 is 2.48 bits per heavy atom. The fourth-order valence-corrected chi connectivity index (χ4v) is 3.29. The van der Waals surface area contributed by atoms with Gasteiger partial charge in [-0.1, -0.05) is 35.9 Å². The first-order valence-corrected chi connectivity index (χ1v) is 9.43. The molecule has 1 saturated heterocycles. The molecular formula is C20H27ClIN5. The minimum atomic E-state index is 0. The predicted octanol–water partition coefficient (Wildman–Crippen LogP) is 3.90. The normalized spacial score (nSPS) is 15.3. The summed E-state index contributed by atoms with van der Waals surface area (Å²) in [6, 6.07) is 18.0. The summed E-state index contributed by atoms with van der Waals surface area (Å²) in [7, 11) is 0. The number of nitrogens with two attached hydrogens (primary N) is 1. The Balaban J connectivity index is 0.00000261. The van der Waals surface area contributed by atoms with Gasteiger partial charge in [-0.15, -0.1) is 24.0 Å². The molecule has 0 aromatic heterocycles. The highest BCUT2D eigenvalue weighted by molar-refractivity contribution is 14.0. The van der Waals surface area contributed by atoms with E-state index in [0.29, 0.717) is 5.96 Å². The van der Waals surface area contributed by atoms with Crippen molar-refractivity contribution in [1.29, 1.82) is 0 Å². The number of hydrogen-bond donors (Lipinski definition) is 2. The van der Waals surface area contributed by atoms with E-state index in [-0.39, 0.29) is 24.0 Å². The van der Waals surface area contributed by atoms with Crippen LogP contribution in [0.25, 0.3) is 0 Å². The maximum Gasteiger partial charge on any atom is 0.193 e. The van der Waals surface area contributed by atoms with Gasteiger partial charge in [0, 0.05) is 55.7 Å². The van der Waals surface area contributed by atoms with E-state index in [9.17, 15) is 0 Å². The minimum Gasteiger partial charge on any atom is -0.370 e. The summed E-state index contributed by atoms with van der Waals surface area (Å²) in [6.45, 7) is 5.97. The topological polar surface area (TPSA) is 56.9 Å². The van der Waals surface area contributed by atoms with E-state index in [1.165, 1.54) is 5.69 Å². The molecule has 0 spiro atoms. The number of nitrogens with zero attached hydrogens (tertiary/aromatic N) is 3. The van der Waals surface area contributed by atoms with Crippen LogP contribution in [0.2, 0.25) is 5.02 Å². The third kappa shape index (κ3) is 7.20. The van der Waals surface area contributed by atoms with Crippen LogP contribution in [0, 0.1) is 0 Å². The van der Waals surface area contributed by atoms with E-state index in [2.05, 4.69) is 26.2 Å². The van der Waals surface area contributed by atoms with Crippen molar-refractivity contribution in [2.75, 3.05) is 49.5 Å². The highest BCUT2D eigenvalue weighted by atomic mass is 127. The standard InChI is InChI=1S/C20H26ClN5.HI/c21-17-6-4-9-19(16-17)26-14-12-25(13-15-26)11-5-10-23-20(22)24-18-7-2-1-3-8-18;/h1-4,6-9,16H,5,10-15H2,(H3,22,23,24);1H. The molecule has 7 heteroatoms. The van der Waals surface area contributed by atoms with Crippen molar-refractivity contribution in [3.05, 3.63) is 59.6 Å². The van der Waals surface area contributed by atoms with Crippen molar-refractivity contribution in [3.63, 3.8) is 0 Å². The number of anilines is 2. The molecule has 0 amide bonds. The Hall–Kier alpha value is -1.51.